The molecule has 1 aromatic carbocycles. The van der Waals surface area contributed by atoms with Crippen molar-refractivity contribution >= 4 is 15.9 Å². The van der Waals surface area contributed by atoms with Gasteiger partial charge >= 0.3 is 0 Å². The third-order valence-electron chi connectivity index (χ3n) is 2.25. The van der Waals surface area contributed by atoms with Gasteiger partial charge in [0, 0.05) is 11.1 Å². The van der Waals surface area contributed by atoms with Gasteiger partial charge in [-0.1, -0.05) is 28.9 Å². The highest BCUT2D eigenvalue weighted by molar-refractivity contribution is 9.10. The van der Waals surface area contributed by atoms with Crippen LogP contribution in [0.15, 0.2) is 22.7 Å². The predicted molar refractivity (Wildman–Crippen MR) is 63.5 cm³/mol. The smallest absolute Gasteiger partial charge is 0.0799 e. The van der Waals surface area contributed by atoms with E-state index in [0.717, 1.165) is 17.5 Å². The van der Waals surface area contributed by atoms with Crippen LogP contribution in [0.2, 0.25) is 0 Å². The molecule has 78 valence electrons. The third-order valence-corrected chi connectivity index (χ3v) is 2.74. The fourth-order valence-electron chi connectivity index (χ4n) is 1.43. The predicted octanol–water partition coefficient (Wildman–Crippen LogP) is 4.25. The van der Waals surface area contributed by atoms with E-state index in [1.165, 1.54) is 11.1 Å². The summed E-state index contributed by atoms with van der Waals surface area (Å²) in [6.07, 6.45) is 1.25. The lowest BCUT2D eigenvalue weighted by Gasteiger charge is -2.15. The second-order valence-corrected chi connectivity index (χ2v) is 4.43. The molecular formula is C12H17BrO. The second-order valence-electron chi connectivity index (χ2n) is 3.51. The SMILES string of the molecule is CCCO[C@H](C)c1cc(Br)ccc1C. The molecule has 14 heavy (non-hydrogen) atoms. The zero-order valence-electron chi connectivity index (χ0n) is 9.01. The van der Waals surface area contributed by atoms with Crippen LogP contribution in [-0.2, 0) is 4.74 Å². The van der Waals surface area contributed by atoms with Crippen molar-refractivity contribution in [3.63, 3.8) is 0 Å². The third kappa shape index (κ3) is 3.10. The van der Waals surface area contributed by atoms with Gasteiger partial charge in [0.2, 0.25) is 0 Å². The molecule has 0 fully saturated rings. The van der Waals surface area contributed by atoms with E-state index in [9.17, 15) is 0 Å². The molecule has 0 amide bonds. The molecule has 0 unspecified atom stereocenters. The molecule has 0 radical (unpaired) electrons. The maximum atomic E-state index is 5.69. The van der Waals surface area contributed by atoms with Gasteiger partial charge in [-0.25, -0.2) is 0 Å². The first kappa shape index (κ1) is 11.7. The zero-order chi connectivity index (χ0) is 10.6. The van der Waals surface area contributed by atoms with Crippen LogP contribution in [0.1, 0.15) is 37.5 Å². The Hall–Kier alpha value is -0.340. The van der Waals surface area contributed by atoms with Crippen LogP contribution in [0.3, 0.4) is 0 Å². The van der Waals surface area contributed by atoms with Gasteiger partial charge in [0.1, 0.15) is 0 Å². The molecule has 1 nitrogen and oxygen atoms in total. The number of halogens is 1. The first-order valence-electron chi connectivity index (χ1n) is 5.02. The fourth-order valence-corrected chi connectivity index (χ4v) is 1.81. The molecule has 0 spiro atoms. The van der Waals surface area contributed by atoms with Crippen molar-refractivity contribution in [1.29, 1.82) is 0 Å². The Kier molecular flexibility index (Phi) is 4.63. The Balaban J connectivity index is 2.77. The Morgan fingerprint density at radius 3 is 2.79 bits per heavy atom. The molecule has 2 heteroatoms. The molecule has 0 aliphatic rings. The number of aryl methyl sites for hydroxylation is 1. The number of hydrogen-bond donors (Lipinski definition) is 0. The highest BCUT2D eigenvalue weighted by Crippen LogP contribution is 2.24. The summed E-state index contributed by atoms with van der Waals surface area (Å²) in [7, 11) is 0. The van der Waals surface area contributed by atoms with E-state index in [1.807, 2.05) is 0 Å². The Labute approximate surface area is 94.6 Å². The van der Waals surface area contributed by atoms with Crippen LogP contribution in [0.5, 0.6) is 0 Å². The van der Waals surface area contributed by atoms with Crippen LogP contribution >= 0.6 is 15.9 Å². The van der Waals surface area contributed by atoms with Crippen LogP contribution in [0, 0.1) is 6.92 Å². The van der Waals surface area contributed by atoms with Gasteiger partial charge in [-0.05, 0) is 43.5 Å². The first-order chi connectivity index (χ1) is 6.65. The largest absolute Gasteiger partial charge is 0.374 e. The number of ether oxygens (including phenoxy) is 1. The number of benzene rings is 1. The summed E-state index contributed by atoms with van der Waals surface area (Å²) >= 11 is 3.48. The highest BCUT2D eigenvalue weighted by Gasteiger charge is 2.08. The Bertz CT molecular complexity index is 296. The molecule has 0 saturated carbocycles. The van der Waals surface area contributed by atoms with Crippen LogP contribution in [-0.4, -0.2) is 6.61 Å². The average molecular weight is 257 g/mol. The van der Waals surface area contributed by atoms with E-state index in [-0.39, 0.29) is 6.10 Å². The molecule has 0 aromatic heterocycles. The molecule has 0 saturated heterocycles. The van der Waals surface area contributed by atoms with Crippen molar-refractivity contribution in [3.8, 4) is 0 Å². The van der Waals surface area contributed by atoms with Crippen LogP contribution in [0.25, 0.3) is 0 Å². The minimum Gasteiger partial charge on any atom is -0.374 e. The van der Waals surface area contributed by atoms with Crippen molar-refractivity contribution in [1.82, 2.24) is 0 Å². The molecule has 0 aliphatic carbocycles. The number of hydrogen-bond acceptors (Lipinski definition) is 1. The van der Waals surface area contributed by atoms with Crippen molar-refractivity contribution in [2.75, 3.05) is 6.61 Å². The van der Waals surface area contributed by atoms with Gasteiger partial charge in [-0.3, -0.25) is 0 Å². The molecule has 0 N–H and O–H groups in total. The molecule has 0 heterocycles. The summed E-state index contributed by atoms with van der Waals surface area (Å²) in [5, 5.41) is 0. The monoisotopic (exact) mass is 256 g/mol. The van der Waals surface area contributed by atoms with E-state index in [0.29, 0.717) is 0 Å². The van der Waals surface area contributed by atoms with Gasteiger partial charge in [-0.15, -0.1) is 0 Å². The number of rotatable bonds is 4. The summed E-state index contributed by atoms with van der Waals surface area (Å²) in [6.45, 7) is 7.17. The average Bonchev–Trinajstić information content (AvgIpc) is 2.18. The van der Waals surface area contributed by atoms with Crippen molar-refractivity contribution in [3.05, 3.63) is 33.8 Å². The van der Waals surface area contributed by atoms with E-state index in [4.69, 9.17) is 4.74 Å². The van der Waals surface area contributed by atoms with Gasteiger partial charge in [0.25, 0.3) is 0 Å². The topological polar surface area (TPSA) is 9.23 Å². The van der Waals surface area contributed by atoms with Crippen LogP contribution < -0.4 is 0 Å². The summed E-state index contributed by atoms with van der Waals surface area (Å²) in [6, 6.07) is 6.31. The maximum Gasteiger partial charge on any atom is 0.0799 e. The Morgan fingerprint density at radius 1 is 1.43 bits per heavy atom. The van der Waals surface area contributed by atoms with E-state index in [2.05, 4.69) is 54.9 Å². The minimum atomic E-state index is 0.187. The quantitative estimate of drug-likeness (QED) is 0.783. The van der Waals surface area contributed by atoms with Gasteiger partial charge < -0.3 is 4.74 Å². The van der Waals surface area contributed by atoms with Crippen molar-refractivity contribution in [2.45, 2.75) is 33.3 Å². The first-order valence-corrected chi connectivity index (χ1v) is 5.82. The van der Waals surface area contributed by atoms with Crippen LogP contribution in [0.4, 0.5) is 0 Å². The molecule has 0 bridgehead atoms. The lowest BCUT2D eigenvalue weighted by Crippen LogP contribution is -2.02. The highest BCUT2D eigenvalue weighted by atomic mass is 79.9. The molecule has 1 aromatic rings. The van der Waals surface area contributed by atoms with Crippen molar-refractivity contribution in [2.24, 2.45) is 0 Å². The van der Waals surface area contributed by atoms with E-state index < -0.39 is 0 Å². The Morgan fingerprint density at radius 2 is 2.14 bits per heavy atom. The standard InChI is InChI=1S/C12H17BrO/c1-4-7-14-10(3)12-8-11(13)6-5-9(12)2/h5-6,8,10H,4,7H2,1-3H3/t10-/m1/s1. The molecule has 0 aliphatic heterocycles. The maximum absolute atomic E-state index is 5.69. The van der Waals surface area contributed by atoms with Gasteiger partial charge in [0.15, 0.2) is 0 Å². The van der Waals surface area contributed by atoms with Gasteiger partial charge in [-0.2, -0.15) is 0 Å². The minimum absolute atomic E-state index is 0.187. The summed E-state index contributed by atoms with van der Waals surface area (Å²) in [5.74, 6) is 0. The van der Waals surface area contributed by atoms with Crippen molar-refractivity contribution < 1.29 is 4.74 Å². The normalized spacial score (nSPS) is 12.9. The fraction of sp³-hybridized carbons (Fsp3) is 0.500. The zero-order valence-corrected chi connectivity index (χ0v) is 10.6. The summed E-state index contributed by atoms with van der Waals surface area (Å²) in [5.41, 5.74) is 2.56. The molecular weight excluding hydrogens is 240 g/mol. The van der Waals surface area contributed by atoms with E-state index in [1.54, 1.807) is 0 Å². The van der Waals surface area contributed by atoms with E-state index >= 15 is 0 Å². The summed E-state index contributed by atoms with van der Waals surface area (Å²) < 4.78 is 6.81. The molecule has 1 atom stereocenters. The second kappa shape index (κ2) is 5.52. The molecule has 1 rings (SSSR count). The lowest BCUT2D eigenvalue weighted by atomic mass is 10.0. The lowest BCUT2D eigenvalue weighted by molar-refractivity contribution is 0.0658. The summed E-state index contributed by atoms with van der Waals surface area (Å²) in [4.78, 5) is 0. The van der Waals surface area contributed by atoms with Gasteiger partial charge in [0.05, 0.1) is 6.10 Å².